The number of anilines is 2. The van der Waals surface area contributed by atoms with Crippen LogP contribution in [0.5, 0.6) is 11.5 Å². The van der Waals surface area contributed by atoms with E-state index < -0.39 is 11.9 Å². The van der Waals surface area contributed by atoms with Crippen molar-refractivity contribution in [3.63, 3.8) is 0 Å². The molecule has 174 valence electrons. The summed E-state index contributed by atoms with van der Waals surface area (Å²) in [4.78, 5) is 53.5. The van der Waals surface area contributed by atoms with Crippen LogP contribution < -0.4 is 19.3 Å². The maximum Gasteiger partial charge on any atom is 0.316 e. The lowest BCUT2D eigenvalue weighted by atomic mass is 9.85. The third kappa shape index (κ3) is 3.85. The molecule has 0 N–H and O–H groups in total. The molecule has 8 nitrogen and oxygen atoms in total. The lowest BCUT2D eigenvalue weighted by Crippen LogP contribution is -2.30. The van der Waals surface area contributed by atoms with Crippen molar-refractivity contribution >= 4 is 35.1 Å². The number of fused-ring (bicyclic) bond motifs is 1. The second-order valence-corrected chi connectivity index (χ2v) is 8.69. The van der Waals surface area contributed by atoms with Gasteiger partial charge in [0.25, 0.3) is 0 Å². The Morgan fingerprint density at radius 3 is 2.21 bits per heavy atom. The number of ether oxygens (including phenoxy) is 2. The van der Waals surface area contributed by atoms with E-state index in [1.54, 1.807) is 60.5 Å². The Labute approximate surface area is 196 Å². The summed E-state index contributed by atoms with van der Waals surface area (Å²) in [5, 5.41) is 0. The van der Waals surface area contributed by atoms with Gasteiger partial charge in [-0.1, -0.05) is 18.2 Å². The number of carbonyl (C=O) groups excluding carboxylic acids is 4. The zero-order chi connectivity index (χ0) is 23.8. The number of imide groups is 1. The van der Waals surface area contributed by atoms with Gasteiger partial charge in [-0.25, -0.2) is 0 Å². The summed E-state index contributed by atoms with van der Waals surface area (Å²) >= 11 is 0. The smallest absolute Gasteiger partial charge is 0.316 e. The Morgan fingerprint density at radius 1 is 0.882 bits per heavy atom. The van der Waals surface area contributed by atoms with Gasteiger partial charge in [0.15, 0.2) is 0 Å². The zero-order valence-electron chi connectivity index (χ0n) is 18.7. The van der Waals surface area contributed by atoms with Crippen LogP contribution in [0.1, 0.15) is 19.3 Å². The highest BCUT2D eigenvalue weighted by Gasteiger charge is 2.47. The lowest BCUT2D eigenvalue weighted by Gasteiger charge is -2.17. The van der Waals surface area contributed by atoms with E-state index in [2.05, 4.69) is 0 Å². The Bertz CT molecular complexity index is 1160. The third-order valence-electron chi connectivity index (χ3n) is 6.64. The number of nitrogens with zero attached hydrogens (tertiary/aromatic N) is 2. The van der Waals surface area contributed by atoms with Crippen molar-refractivity contribution in [3.8, 4) is 11.5 Å². The summed E-state index contributed by atoms with van der Waals surface area (Å²) in [6.45, 7) is 0.219. The standard InChI is InChI=1S/C26H24N2O6/c1-33-20-6-4-5-18(14-20)27-15-16(13-23(27)29)26(32)34-19-11-9-17(10-12-19)28-24(30)21-7-2-3-8-22(21)25(28)31/h2-6,9-12,14,16,21-22H,7-8,13,15H2,1H3/t16-,21-,22+/m1/s1. The van der Waals surface area contributed by atoms with Crippen LogP contribution in [-0.2, 0) is 19.2 Å². The molecule has 8 heteroatoms. The van der Waals surface area contributed by atoms with E-state index >= 15 is 0 Å². The summed E-state index contributed by atoms with van der Waals surface area (Å²) < 4.78 is 10.7. The van der Waals surface area contributed by atoms with E-state index in [1.165, 1.54) is 4.90 Å². The first-order chi connectivity index (χ1) is 16.5. The van der Waals surface area contributed by atoms with Crippen LogP contribution in [0.25, 0.3) is 0 Å². The van der Waals surface area contributed by atoms with Gasteiger partial charge in [-0.05, 0) is 49.2 Å². The largest absolute Gasteiger partial charge is 0.497 e. The van der Waals surface area contributed by atoms with Crippen LogP contribution in [0.2, 0.25) is 0 Å². The molecule has 3 amide bonds. The zero-order valence-corrected chi connectivity index (χ0v) is 18.7. The van der Waals surface area contributed by atoms with E-state index in [4.69, 9.17) is 9.47 Å². The van der Waals surface area contributed by atoms with Crippen molar-refractivity contribution in [2.24, 2.45) is 17.8 Å². The monoisotopic (exact) mass is 460 g/mol. The topological polar surface area (TPSA) is 93.2 Å². The maximum absolute atomic E-state index is 12.7. The molecule has 2 heterocycles. The van der Waals surface area contributed by atoms with Gasteiger partial charge < -0.3 is 14.4 Å². The van der Waals surface area contributed by atoms with E-state index in [0.29, 0.717) is 35.7 Å². The first kappa shape index (κ1) is 21.9. The summed E-state index contributed by atoms with van der Waals surface area (Å²) in [6.07, 6.45) is 5.10. The Balaban J connectivity index is 1.24. The Morgan fingerprint density at radius 2 is 1.56 bits per heavy atom. The number of amides is 3. The second kappa shape index (κ2) is 8.78. The SMILES string of the molecule is COc1cccc(N2C[C@H](C(=O)Oc3ccc(N4C(=O)[C@H]5CC=CC[C@H]5C4=O)cc3)CC2=O)c1. The van der Waals surface area contributed by atoms with Crippen LogP contribution >= 0.6 is 0 Å². The summed E-state index contributed by atoms with van der Waals surface area (Å²) in [7, 11) is 1.55. The maximum atomic E-state index is 12.7. The quantitative estimate of drug-likeness (QED) is 0.295. The molecule has 2 saturated heterocycles. The normalized spacial score (nSPS) is 23.9. The molecule has 2 aliphatic heterocycles. The van der Waals surface area contributed by atoms with Gasteiger partial charge >= 0.3 is 5.97 Å². The summed E-state index contributed by atoms with van der Waals surface area (Å²) in [5.41, 5.74) is 1.13. The molecule has 2 fully saturated rings. The second-order valence-electron chi connectivity index (χ2n) is 8.69. The average Bonchev–Trinajstić information content (AvgIpc) is 3.37. The third-order valence-corrected chi connectivity index (χ3v) is 6.64. The number of hydrogen-bond donors (Lipinski definition) is 0. The minimum absolute atomic E-state index is 0.0573. The first-order valence-corrected chi connectivity index (χ1v) is 11.2. The van der Waals surface area contributed by atoms with Crippen molar-refractivity contribution in [3.05, 3.63) is 60.7 Å². The molecule has 3 aliphatic rings. The fourth-order valence-corrected chi connectivity index (χ4v) is 4.81. The van der Waals surface area contributed by atoms with Gasteiger partial charge in [0, 0.05) is 24.7 Å². The van der Waals surface area contributed by atoms with E-state index in [0.717, 1.165) is 0 Å². The molecule has 2 aromatic rings. The van der Waals surface area contributed by atoms with Gasteiger partial charge in [-0.15, -0.1) is 0 Å². The van der Waals surface area contributed by atoms with E-state index in [9.17, 15) is 19.2 Å². The van der Waals surface area contributed by atoms with Gasteiger partial charge in [-0.2, -0.15) is 0 Å². The van der Waals surface area contributed by atoms with Crippen LogP contribution in [0.15, 0.2) is 60.7 Å². The van der Waals surface area contributed by atoms with Crippen LogP contribution in [0.3, 0.4) is 0 Å². The number of rotatable bonds is 5. The van der Waals surface area contributed by atoms with Crippen molar-refractivity contribution in [2.75, 3.05) is 23.5 Å². The van der Waals surface area contributed by atoms with E-state index in [1.807, 2.05) is 12.2 Å². The highest BCUT2D eigenvalue weighted by atomic mass is 16.5. The molecule has 0 saturated carbocycles. The molecule has 3 atom stereocenters. The number of benzene rings is 2. The van der Waals surface area contributed by atoms with Gasteiger partial charge in [0.05, 0.1) is 30.6 Å². The highest BCUT2D eigenvalue weighted by Crippen LogP contribution is 2.38. The molecule has 2 aromatic carbocycles. The molecule has 1 aliphatic carbocycles. The van der Waals surface area contributed by atoms with Crippen molar-refractivity contribution in [1.82, 2.24) is 0 Å². The average molecular weight is 460 g/mol. The predicted molar refractivity (Wildman–Crippen MR) is 123 cm³/mol. The fourth-order valence-electron chi connectivity index (χ4n) is 4.81. The van der Waals surface area contributed by atoms with Crippen molar-refractivity contribution < 1.29 is 28.7 Å². The van der Waals surface area contributed by atoms with Crippen molar-refractivity contribution in [2.45, 2.75) is 19.3 Å². The molecule has 0 bridgehead atoms. The molecule has 0 radical (unpaired) electrons. The van der Waals surface area contributed by atoms with Gasteiger partial charge in [0.1, 0.15) is 11.5 Å². The fraction of sp³-hybridized carbons (Fsp3) is 0.308. The van der Waals surface area contributed by atoms with Crippen LogP contribution in [0.4, 0.5) is 11.4 Å². The first-order valence-electron chi connectivity index (χ1n) is 11.2. The summed E-state index contributed by atoms with van der Waals surface area (Å²) in [6, 6.07) is 13.4. The highest BCUT2D eigenvalue weighted by molar-refractivity contribution is 6.22. The lowest BCUT2D eigenvalue weighted by molar-refractivity contribution is -0.139. The molecular weight excluding hydrogens is 436 g/mol. The molecule has 34 heavy (non-hydrogen) atoms. The van der Waals surface area contributed by atoms with Crippen LogP contribution in [-0.4, -0.2) is 37.3 Å². The van der Waals surface area contributed by atoms with Crippen molar-refractivity contribution in [1.29, 1.82) is 0 Å². The minimum atomic E-state index is -0.601. The summed E-state index contributed by atoms with van der Waals surface area (Å²) in [5.74, 6) is -1.33. The van der Waals surface area contributed by atoms with Crippen LogP contribution in [0, 0.1) is 17.8 Å². The Kier molecular flexibility index (Phi) is 5.65. The number of methoxy groups -OCH3 is 1. The number of allylic oxidation sites excluding steroid dienone is 2. The number of carbonyl (C=O) groups is 4. The minimum Gasteiger partial charge on any atom is -0.497 e. The molecule has 0 spiro atoms. The molecular formula is C26H24N2O6. The molecule has 0 unspecified atom stereocenters. The molecule has 5 rings (SSSR count). The van der Waals surface area contributed by atoms with Gasteiger partial charge in [0.2, 0.25) is 17.7 Å². The number of esters is 1. The van der Waals surface area contributed by atoms with E-state index in [-0.39, 0.29) is 42.5 Å². The molecule has 0 aromatic heterocycles. The Hall–Kier alpha value is -3.94. The van der Waals surface area contributed by atoms with Gasteiger partial charge in [-0.3, -0.25) is 24.1 Å². The number of hydrogen-bond acceptors (Lipinski definition) is 6. The predicted octanol–water partition coefficient (Wildman–Crippen LogP) is 3.11.